The second-order valence-electron chi connectivity index (χ2n) is 7.23. The summed E-state index contributed by atoms with van der Waals surface area (Å²) in [5, 5.41) is 6.50. The number of carbonyl (C=O) groups excluding carboxylic acids is 2. The molecule has 1 aliphatic heterocycles. The smallest absolute Gasteiger partial charge is 0.338 e. The topological polar surface area (TPSA) is 68.2 Å². The molecule has 1 atom stereocenters. The Morgan fingerprint density at radius 1 is 1.00 bits per heavy atom. The lowest BCUT2D eigenvalue weighted by Gasteiger charge is -2.22. The van der Waals surface area contributed by atoms with Gasteiger partial charge in [-0.05, 0) is 47.5 Å². The molecular formula is C25H21ClN2O4. The van der Waals surface area contributed by atoms with Gasteiger partial charge in [0.25, 0.3) is 5.91 Å². The third-order valence-electron chi connectivity index (χ3n) is 5.18. The molecule has 7 heteroatoms. The zero-order valence-electron chi connectivity index (χ0n) is 17.4. The van der Waals surface area contributed by atoms with E-state index in [0.717, 1.165) is 22.6 Å². The molecule has 0 saturated heterocycles. The summed E-state index contributed by atoms with van der Waals surface area (Å²) in [6, 6.07) is 23.2. The molecule has 3 aromatic rings. The molecule has 0 bridgehead atoms. The first kappa shape index (κ1) is 21.6. The van der Waals surface area contributed by atoms with Gasteiger partial charge < -0.3 is 9.47 Å². The molecule has 1 aliphatic rings. The maximum Gasteiger partial charge on any atom is 0.338 e. The van der Waals surface area contributed by atoms with E-state index in [1.807, 2.05) is 54.6 Å². The van der Waals surface area contributed by atoms with E-state index in [0.29, 0.717) is 17.0 Å². The number of ether oxygens (including phenoxy) is 2. The number of amides is 1. The van der Waals surface area contributed by atoms with Crippen LogP contribution in [0.2, 0.25) is 5.02 Å². The van der Waals surface area contributed by atoms with E-state index in [1.54, 1.807) is 31.4 Å². The number of hydrazone groups is 1. The van der Waals surface area contributed by atoms with Crippen LogP contribution in [0.5, 0.6) is 5.75 Å². The van der Waals surface area contributed by atoms with Gasteiger partial charge in [0.2, 0.25) is 0 Å². The molecule has 0 radical (unpaired) electrons. The van der Waals surface area contributed by atoms with Gasteiger partial charge in [-0.1, -0.05) is 54.1 Å². The quantitative estimate of drug-likeness (QED) is 0.504. The van der Waals surface area contributed by atoms with Crippen LogP contribution < -0.4 is 4.74 Å². The van der Waals surface area contributed by atoms with Crippen LogP contribution in [0.4, 0.5) is 0 Å². The van der Waals surface area contributed by atoms with Crippen molar-refractivity contribution in [2.45, 2.75) is 12.5 Å². The molecule has 0 aliphatic carbocycles. The van der Waals surface area contributed by atoms with Crippen LogP contribution in [0.1, 0.15) is 33.9 Å². The zero-order valence-corrected chi connectivity index (χ0v) is 18.2. The minimum Gasteiger partial charge on any atom is -0.497 e. The predicted molar refractivity (Wildman–Crippen MR) is 122 cm³/mol. The first-order valence-corrected chi connectivity index (χ1v) is 10.4. The number of benzene rings is 3. The summed E-state index contributed by atoms with van der Waals surface area (Å²) in [6.07, 6.45) is 0.549. The second kappa shape index (κ2) is 9.66. The van der Waals surface area contributed by atoms with E-state index in [2.05, 4.69) is 5.10 Å². The average molecular weight is 449 g/mol. The van der Waals surface area contributed by atoms with E-state index in [4.69, 9.17) is 21.1 Å². The molecule has 32 heavy (non-hydrogen) atoms. The number of hydrogen-bond donors (Lipinski definition) is 0. The van der Waals surface area contributed by atoms with Gasteiger partial charge in [0.1, 0.15) is 5.75 Å². The van der Waals surface area contributed by atoms with Gasteiger partial charge in [0.15, 0.2) is 6.61 Å². The third kappa shape index (κ3) is 4.81. The van der Waals surface area contributed by atoms with Gasteiger partial charge in [-0.25, -0.2) is 9.80 Å². The van der Waals surface area contributed by atoms with Crippen LogP contribution in [0.15, 0.2) is 84.0 Å². The second-order valence-corrected chi connectivity index (χ2v) is 7.66. The maximum atomic E-state index is 13.0. The van der Waals surface area contributed by atoms with Crippen LogP contribution in [0.3, 0.4) is 0 Å². The highest BCUT2D eigenvalue weighted by Crippen LogP contribution is 2.33. The number of esters is 1. The lowest BCUT2D eigenvalue weighted by Crippen LogP contribution is -2.31. The lowest BCUT2D eigenvalue weighted by molar-refractivity contribution is -0.136. The van der Waals surface area contributed by atoms with E-state index >= 15 is 0 Å². The summed E-state index contributed by atoms with van der Waals surface area (Å²) < 4.78 is 10.5. The Morgan fingerprint density at radius 2 is 1.69 bits per heavy atom. The summed E-state index contributed by atoms with van der Waals surface area (Å²) in [5.74, 6) is -0.271. The molecule has 1 unspecified atom stereocenters. The number of hydrogen-bond acceptors (Lipinski definition) is 5. The van der Waals surface area contributed by atoms with Gasteiger partial charge in [0, 0.05) is 11.4 Å². The Morgan fingerprint density at radius 3 is 2.34 bits per heavy atom. The van der Waals surface area contributed by atoms with Gasteiger partial charge in [-0.15, -0.1) is 0 Å². The van der Waals surface area contributed by atoms with Crippen molar-refractivity contribution in [2.24, 2.45) is 5.10 Å². The summed E-state index contributed by atoms with van der Waals surface area (Å²) >= 11 is 5.85. The summed E-state index contributed by atoms with van der Waals surface area (Å²) in [6.45, 7) is -0.417. The SMILES string of the molecule is COc1ccc(C2CC(c3ccccc3)=NN2C(=O)COC(=O)c2ccc(Cl)cc2)cc1. The average Bonchev–Trinajstić information content (AvgIpc) is 3.29. The Balaban J connectivity index is 1.53. The number of nitrogens with zero attached hydrogens (tertiary/aromatic N) is 2. The fraction of sp³-hybridized carbons (Fsp3) is 0.160. The molecule has 3 aromatic carbocycles. The minimum absolute atomic E-state index is 0.308. The highest BCUT2D eigenvalue weighted by Gasteiger charge is 2.33. The predicted octanol–water partition coefficient (Wildman–Crippen LogP) is 4.88. The molecular weight excluding hydrogens is 428 g/mol. The first-order valence-electron chi connectivity index (χ1n) is 10.1. The number of carbonyl (C=O) groups is 2. The molecule has 0 aromatic heterocycles. The molecule has 162 valence electrons. The standard InChI is InChI=1S/C25H21ClN2O4/c1-31-21-13-9-18(10-14-21)23-15-22(17-5-3-2-4-6-17)27-28(23)24(29)16-32-25(30)19-7-11-20(26)12-8-19/h2-14,23H,15-16H2,1H3. The number of rotatable bonds is 6. The number of halogens is 1. The van der Waals surface area contributed by atoms with E-state index < -0.39 is 18.5 Å². The van der Waals surface area contributed by atoms with Gasteiger partial charge >= 0.3 is 5.97 Å². The van der Waals surface area contributed by atoms with Crippen molar-refractivity contribution in [1.82, 2.24) is 5.01 Å². The van der Waals surface area contributed by atoms with Crippen LogP contribution in [-0.2, 0) is 9.53 Å². The zero-order chi connectivity index (χ0) is 22.5. The molecule has 0 fully saturated rings. The lowest BCUT2D eigenvalue weighted by atomic mass is 9.98. The summed E-state index contributed by atoms with van der Waals surface area (Å²) in [7, 11) is 1.60. The largest absolute Gasteiger partial charge is 0.497 e. The molecule has 0 spiro atoms. The summed E-state index contributed by atoms with van der Waals surface area (Å²) in [4.78, 5) is 25.3. The van der Waals surface area contributed by atoms with Crippen molar-refractivity contribution < 1.29 is 19.1 Å². The highest BCUT2D eigenvalue weighted by molar-refractivity contribution is 6.30. The van der Waals surface area contributed by atoms with E-state index in [1.165, 1.54) is 5.01 Å². The van der Waals surface area contributed by atoms with Crippen molar-refractivity contribution in [2.75, 3.05) is 13.7 Å². The molecule has 4 rings (SSSR count). The van der Waals surface area contributed by atoms with E-state index in [-0.39, 0.29) is 6.04 Å². The normalized spacial score (nSPS) is 15.2. The Bertz CT molecular complexity index is 1130. The number of methoxy groups -OCH3 is 1. The Hall–Kier alpha value is -3.64. The van der Waals surface area contributed by atoms with Crippen LogP contribution in [-0.4, -0.2) is 36.3 Å². The van der Waals surface area contributed by atoms with Gasteiger partial charge in [-0.3, -0.25) is 4.79 Å². The third-order valence-corrected chi connectivity index (χ3v) is 5.43. The fourth-order valence-corrected chi connectivity index (χ4v) is 3.62. The van der Waals surface area contributed by atoms with E-state index in [9.17, 15) is 9.59 Å². The monoisotopic (exact) mass is 448 g/mol. The van der Waals surface area contributed by atoms with Gasteiger partial charge in [0.05, 0.1) is 24.4 Å². The van der Waals surface area contributed by atoms with Crippen LogP contribution >= 0.6 is 11.6 Å². The Kier molecular flexibility index (Phi) is 6.52. The molecule has 0 N–H and O–H groups in total. The van der Waals surface area contributed by atoms with Crippen LogP contribution in [0.25, 0.3) is 0 Å². The van der Waals surface area contributed by atoms with Crippen molar-refractivity contribution in [3.8, 4) is 5.75 Å². The van der Waals surface area contributed by atoms with Crippen molar-refractivity contribution >= 4 is 29.2 Å². The first-order chi connectivity index (χ1) is 15.5. The minimum atomic E-state index is -0.595. The molecule has 0 saturated carbocycles. The van der Waals surface area contributed by atoms with Gasteiger partial charge in [-0.2, -0.15) is 5.10 Å². The van der Waals surface area contributed by atoms with Crippen molar-refractivity contribution in [3.05, 3.63) is 101 Å². The fourth-order valence-electron chi connectivity index (χ4n) is 3.49. The molecule has 1 amide bonds. The maximum absolute atomic E-state index is 13.0. The van der Waals surface area contributed by atoms with Crippen molar-refractivity contribution in [3.63, 3.8) is 0 Å². The van der Waals surface area contributed by atoms with Crippen LogP contribution in [0, 0.1) is 0 Å². The molecule has 6 nitrogen and oxygen atoms in total. The van der Waals surface area contributed by atoms with Crippen molar-refractivity contribution in [1.29, 1.82) is 0 Å². The molecule has 1 heterocycles. The Labute approximate surface area is 191 Å². The highest BCUT2D eigenvalue weighted by atomic mass is 35.5. The summed E-state index contributed by atoms with van der Waals surface area (Å²) in [5.41, 5.74) is 2.98.